The summed E-state index contributed by atoms with van der Waals surface area (Å²) in [6, 6.07) is 0.672. The average Bonchev–Trinajstić information content (AvgIpc) is 2.44. The van der Waals surface area contributed by atoms with Gasteiger partial charge < -0.3 is 20.7 Å². The van der Waals surface area contributed by atoms with E-state index in [4.69, 9.17) is 4.74 Å². The smallest absolute Gasteiger partial charge is 0.407 e. The monoisotopic (exact) mass is 467 g/mol. The third-order valence-corrected chi connectivity index (χ3v) is 2.66. The number of carbonyl (C=O) groups excluding carboxylic acids is 3. The van der Waals surface area contributed by atoms with Gasteiger partial charge in [-0.3, -0.25) is 9.59 Å². The molecule has 0 aromatic rings. The van der Waals surface area contributed by atoms with Crippen LogP contribution in [0.4, 0.5) is 4.79 Å². The Kier molecular flexibility index (Phi) is 40.7. The van der Waals surface area contributed by atoms with Crippen LogP contribution in [0.15, 0.2) is 0 Å². The number of carbonyl (C=O) groups is 3. The fraction of sp³-hybridized carbons (Fsp3) is 0.880. The van der Waals surface area contributed by atoms with Gasteiger partial charge in [-0.25, -0.2) is 4.79 Å². The van der Waals surface area contributed by atoms with E-state index in [9.17, 15) is 14.4 Å². The van der Waals surface area contributed by atoms with Crippen molar-refractivity contribution in [2.24, 2.45) is 11.8 Å². The molecule has 0 heterocycles. The average molecular weight is 468 g/mol. The fourth-order valence-electron chi connectivity index (χ4n) is 1.39. The van der Waals surface area contributed by atoms with Gasteiger partial charge in [-0.15, -0.1) is 0 Å². The Morgan fingerprint density at radius 2 is 0.750 bits per heavy atom. The first kappa shape index (κ1) is 47.8. The van der Waals surface area contributed by atoms with Crippen LogP contribution in [-0.4, -0.2) is 42.1 Å². The Labute approximate surface area is 202 Å². The van der Waals surface area contributed by atoms with Crippen molar-refractivity contribution in [3.05, 3.63) is 0 Å². The van der Waals surface area contributed by atoms with Crippen molar-refractivity contribution in [3.63, 3.8) is 0 Å². The lowest BCUT2D eigenvalue weighted by molar-refractivity contribution is -0.125. The second-order valence-corrected chi connectivity index (χ2v) is 8.39. The van der Waals surface area contributed by atoms with E-state index in [1.165, 1.54) is 0 Å². The quantitative estimate of drug-likeness (QED) is 0.420. The Morgan fingerprint density at radius 1 is 0.500 bits per heavy atom. The van der Waals surface area contributed by atoms with Crippen molar-refractivity contribution in [2.45, 2.75) is 137 Å². The highest BCUT2D eigenvalue weighted by molar-refractivity contribution is 5.78. The zero-order chi connectivity index (χ0) is 23.0. The van der Waals surface area contributed by atoms with Crippen molar-refractivity contribution in [1.82, 2.24) is 16.0 Å². The summed E-state index contributed by atoms with van der Waals surface area (Å²) in [5.74, 6) is 0.467. The Morgan fingerprint density at radius 3 is 0.875 bits per heavy atom. The largest absolute Gasteiger partial charge is 0.447 e. The maximum absolute atomic E-state index is 10.8. The van der Waals surface area contributed by atoms with Crippen LogP contribution in [0, 0.1) is 11.8 Å². The van der Waals surface area contributed by atoms with E-state index >= 15 is 0 Å². The number of rotatable bonds is 6. The lowest BCUT2D eigenvalue weighted by Gasteiger charge is -2.11. The molecule has 3 N–H and O–H groups in total. The fourth-order valence-corrected chi connectivity index (χ4v) is 1.39. The van der Waals surface area contributed by atoms with Crippen LogP contribution in [-0.2, 0) is 14.3 Å². The van der Waals surface area contributed by atoms with Gasteiger partial charge in [0.1, 0.15) is 0 Å². The summed E-state index contributed by atoms with van der Waals surface area (Å²) in [6.07, 6.45) is -0.385. The molecule has 32 heavy (non-hydrogen) atoms. The lowest BCUT2D eigenvalue weighted by Crippen LogP contribution is -2.33. The minimum Gasteiger partial charge on any atom is -0.447 e. The maximum Gasteiger partial charge on any atom is 0.407 e. The molecule has 0 aromatic carbocycles. The molecule has 0 aliphatic rings. The van der Waals surface area contributed by atoms with Gasteiger partial charge in [-0.05, 0) is 55.4 Å². The topological polar surface area (TPSA) is 96.5 Å². The van der Waals surface area contributed by atoms with Gasteiger partial charge in [0.15, 0.2) is 0 Å². The standard InChI is InChI=1S/C7H15NO2.2C7H15NO.4CH4/c1-5(2)8-7(9)10-6(3)4;2*1-5(2)7(9)8-6(3)4;;;;/h5-6H,1-4H3,(H,8,9);2*5-6H,1-4H3,(H,8,9);4*1H4. The molecule has 0 rings (SSSR count). The predicted molar refractivity (Wildman–Crippen MR) is 143 cm³/mol. The summed E-state index contributed by atoms with van der Waals surface area (Å²) in [7, 11) is 0. The van der Waals surface area contributed by atoms with Gasteiger partial charge in [-0.1, -0.05) is 57.4 Å². The first-order chi connectivity index (χ1) is 12.6. The van der Waals surface area contributed by atoms with E-state index in [0.717, 1.165) is 0 Å². The molecule has 0 aromatic heterocycles. The van der Waals surface area contributed by atoms with Crippen molar-refractivity contribution in [1.29, 1.82) is 0 Å². The van der Waals surface area contributed by atoms with Gasteiger partial charge in [-0.2, -0.15) is 0 Å². The minimum absolute atomic E-state index is 0. The van der Waals surface area contributed by atoms with Crippen molar-refractivity contribution in [2.75, 3.05) is 0 Å². The number of nitrogens with one attached hydrogen (secondary N) is 3. The normalized spacial score (nSPS) is 9.06. The Hall–Kier alpha value is -1.79. The molecule has 200 valence electrons. The van der Waals surface area contributed by atoms with Gasteiger partial charge in [0, 0.05) is 30.0 Å². The zero-order valence-electron chi connectivity index (χ0n) is 20.1. The third kappa shape index (κ3) is 42.3. The van der Waals surface area contributed by atoms with E-state index in [-0.39, 0.29) is 83.7 Å². The summed E-state index contributed by atoms with van der Waals surface area (Å²) in [6.45, 7) is 22.8. The lowest BCUT2D eigenvalue weighted by atomic mass is 10.2. The van der Waals surface area contributed by atoms with Crippen LogP contribution in [0.3, 0.4) is 0 Å². The summed E-state index contributed by atoms with van der Waals surface area (Å²) >= 11 is 0. The first-order valence-corrected chi connectivity index (χ1v) is 10.2. The number of hydrogen-bond acceptors (Lipinski definition) is 4. The highest BCUT2D eigenvalue weighted by Crippen LogP contribution is 1.92. The minimum atomic E-state index is -0.343. The zero-order valence-corrected chi connectivity index (χ0v) is 20.1. The first-order valence-electron chi connectivity index (χ1n) is 10.2. The molecule has 0 radical (unpaired) electrons. The molecular formula is C25H61N3O4. The molecular weight excluding hydrogens is 406 g/mol. The van der Waals surface area contributed by atoms with Crippen LogP contribution in [0.25, 0.3) is 0 Å². The van der Waals surface area contributed by atoms with E-state index in [1.54, 1.807) is 0 Å². The van der Waals surface area contributed by atoms with Crippen LogP contribution >= 0.6 is 0 Å². The van der Waals surface area contributed by atoms with Gasteiger partial charge in [0.2, 0.25) is 11.8 Å². The molecule has 3 amide bonds. The summed E-state index contributed by atoms with van der Waals surface area (Å²) in [5, 5.41) is 8.22. The SMILES string of the molecule is C.C.C.C.CC(C)NC(=O)C(C)C.CC(C)NC(=O)C(C)C.CC(C)NC(=O)OC(C)C. The Bertz CT molecular complexity index is 395. The summed E-state index contributed by atoms with van der Waals surface area (Å²) in [4.78, 5) is 32.4. The predicted octanol–water partition coefficient (Wildman–Crippen LogP) is 6.41. The molecule has 0 atom stereocenters. The molecule has 0 spiro atoms. The number of alkyl carbamates (subject to hydrolysis) is 1. The van der Waals surface area contributed by atoms with Crippen molar-refractivity contribution >= 4 is 17.9 Å². The molecule has 7 heteroatoms. The van der Waals surface area contributed by atoms with E-state index in [2.05, 4.69) is 16.0 Å². The maximum atomic E-state index is 10.8. The van der Waals surface area contributed by atoms with Crippen molar-refractivity contribution in [3.8, 4) is 0 Å². The summed E-state index contributed by atoms with van der Waals surface area (Å²) < 4.78 is 4.81. The second-order valence-electron chi connectivity index (χ2n) is 8.39. The molecule has 7 nitrogen and oxygen atoms in total. The molecule has 0 saturated heterocycles. The van der Waals surface area contributed by atoms with Gasteiger partial charge in [0.25, 0.3) is 0 Å². The molecule has 0 fully saturated rings. The second kappa shape index (κ2) is 27.2. The van der Waals surface area contributed by atoms with Crippen LogP contribution < -0.4 is 16.0 Å². The van der Waals surface area contributed by atoms with E-state index in [0.29, 0.717) is 0 Å². The van der Waals surface area contributed by atoms with Crippen LogP contribution in [0.1, 0.15) is 113 Å². The van der Waals surface area contributed by atoms with E-state index < -0.39 is 0 Å². The van der Waals surface area contributed by atoms with Crippen molar-refractivity contribution < 1.29 is 19.1 Å². The molecule has 0 saturated carbocycles. The Balaban J connectivity index is -0.0000000552. The molecule has 0 unspecified atom stereocenters. The third-order valence-electron chi connectivity index (χ3n) is 2.66. The van der Waals surface area contributed by atoms with Crippen LogP contribution in [0.5, 0.6) is 0 Å². The van der Waals surface area contributed by atoms with Gasteiger partial charge in [0.05, 0.1) is 6.10 Å². The number of hydrogen-bond donors (Lipinski definition) is 3. The molecule has 0 bridgehead atoms. The highest BCUT2D eigenvalue weighted by Gasteiger charge is 2.07. The van der Waals surface area contributed by atoms with Crippen LogP contribution in [0.2, 0.25) is 0 Å². The highest BCUT2D eigenvalue weighted by atomic mass is 16.6. The molecule has 0 aliphatic heterocycles. The number of ether oxygens (including phenoxy) is 1. The molecule has 0 aliphatic carbocycles. The van der Waals surface area contributed by atoms with E-state index in [1.807, 2.05) is 83.1 Å². The van der Waals surface area contributed by atoms with Gasteiger partial charge >= 0.3 is 6.09 Å². The number of amides is 3. The summed E-state index contributed by atoms with van der Waals surface area (Å²) in [5.41, 5.74) is 0.